The van der Waals surface area contributed by atoms with Gasteiger partial charge in [0.2, 0.25) is 5.00 Å². The Morgan fingerprint density at radius 1 is 1.71 bits per heavy atom. The first kappa shape index (κ1) is 14.0. The number of carboxylic acid groups (broad SMARTS) is 1. The second kappa shape index (κ2) is 5.16. The van der Waals surface area contributed by atoms with Crippen molar-refractivity contribution in [2.75, 3.05) is 0 Å². The maximum atomic E-state index is 10.7. The normalized spacial score (nSPS) is 14.2. The molecule has 80 valence electrons. The van der Waals surface area contributed by atoms with Crippen LogP contribution in [-0.4, -0.2) is 11.1 Å². The van der Waals surface area contributed by atoms with Crippen LogP contribution in [0.2, 0.25) is 4.34 Å². The predicted octanol–water partition coefficient (Wildman–Crippen LogP) is 1.76. The molecule has 0 spiro atoms. The minimum Gasteiger partial charge on any atom is -0.479 e. The SMILES string of the molecule is Cl.NNC(Cl)(C(=O)O)c1csc(Cl)c1. The third-order valence-corrected chi connectivity index (χ3v) is 3.04. The van der Waals surface area contributed by atoms with Gasteiger partial charge in [-0.05, 0) is 11.4 Å². The van der Waals surface area contributed by atoms with Crippen LogP contribution in [0.1, 0.15) is 5.56 Å². The molecule has 4 N–H and O–H groups in total. The molecule has 0 aliphatic heterocycles. The maximum Gasteiger partial charge on any atom is 0.345 e. The molecule has 1 aromatic rings. The van der Waals surface area contributed by atoms with E-state index in [9.17, 15) is 4.79 Å². The molecule has 0 bridgehead atoms. The fourth-order valence-electron chi connectivity index (χ4n) is 0.759. The van der Waals surface area contributed by atoms with Gasteiger partial charge in [0.1, 0.15) is 0 Å². The van der Waals surface area contributed by atoms with Crippen LogP contribution < -0.4 is 11.3 Å². The molecule has 0 fully saturated rings. The number of thiophene rings is 1. The monoisotopic (exact) mass is 276 g/mol. The number of nitrogens with one attached hydrogen (secondary N) is 1. The summed E-state index contributed by atoms with van der Waals surface area (Å²) < 4.78 is 0.455. The zero-order valence-corrected chi connectivity index (χ0v) is 9.80. The molecule has 0 saturated carbocycles. The Bertz CT molecular complexity index is 333. The summed E-state index contributed by atoms with van der Waals surface area (Å²) in [5.74, 6) is 3.78. The lowest BCUT2D eigenvalue weighted by atomic mass is 10.1. The van der Waals surface area contributed by atoms with Gasteiger partial charge in [-0.15, -0.1) is 23.7 Å². The topological polar surface area (TPSA) is 75.3 Å². The van der Waals surface area contributed by atoms with E-state index in [1.54, 1.807) is 0 Å². The second-order valence-electron chi connectivity index (χ2n) is 2.25. The summed E-state index contributed by atoms with van der Waals surface area (Å²) in [7, 11) is 0. The van der Waals surface area contributed by atoms with Crippen LogP contribution in [0.5, 0.6) is 0 Å². The predicted molar refractivity (Wildman–Crippen MR) is 59.1 cm³/mol. The van der Waals surface area contributed by atoms with E-state index in [0.29, 0.717) is 9.90 Å². The van der Waals surface area contributed by atoms with Crippen molar-refractivity contribution in [1.29, 1.82) is 0 Å². The van der Waals surface area contributed by atoms with Crippen molar-refractivity contribution >= 4 is 52.9 Å². The number of hydrogen-bond donors (Lipinski definition) is 3. The molecule has 14 heavy (non-hydrogen) atoms. The van der Waals surface area contributed by atoms with E-state index in [0.717, 1.165) is 0 Å². The molecule has 4 nitrogen and oxygen atoms in total. The number of hydrazine groups is 1. The standard InChI is InChI=1S/C6H6Cl2N2O2S.ClH/c7-4-1-3(2-13-4)6(8,10-9)5(11)12;/h1-2,10H,9H2,(H,11,12);1H. The molecule has 1 aromatic heterocycles. The van der Waals surface area contributed by atoms with Crippen molar-refractivity contribution in [2.45, 2.75) is 5.00 Å². The fourth-order valence-corrected chi connectivity index (χ4v) is 1.86. The first-order valence-electron chi connectivity index (χ1n) is 3.15. The third-order valence-electron chi connectivity index (χ3n) is 1.46. The Kier molecular flexibility index (Phi) is 5.14. The van der Waals surface area contributed by atoms with Gasteiger partial charge in [0.05, 0.1) is 4.34 Å². The van der Waals surface area contributed by atoms with E-state index in [1.165, 1.54) is 22.8 Å². The number of alkyl halides is 1. The summed E-state index contributed by atoms with van der Waals surface area (Å²) in [5.41, 5.74) is 2.34. The van der Waals surface area contributed by atoms with Gasteiger partial charge in [0.25, 0.3) is 0 Å². The van der Waals surface area contributed by atoms with Crippen LogP contribution in [0, 0.1) is 0 Å². The van der Waals surface area contributed by atoms with Crippen LogP contribution >= 0.6 is 46.9 Å². The van der Waals surface area contributed by atoms with Gasteiger partial charge in [-0.2, -0.15) is 0 Å². The van der Waals surface area contributed by atoms with Crippen molar-refractivity contribution in [3.63, 3.8) is 0 Å². The molecular formula is C6H7Cl3N2O2S. The molecule has 0 aliphatic carbocycles. The highest BCUT2D eigenvalue weighted by Gasteiger charge is 2.37. The molecule has 0 aliphatic rings. The van der Waals surface area contributed by atoms with Crippen molar-refractivity contribution in [3.8, 4) is 0 Å². The van der Waals surface area contributed by atoms with E-state index in [-0.39, 0.29) is 12.4 Å². The first-order chi connectivity index (χ1) is 6.00. The third kappa shape index (κ3) is 2.50. The molecule has 0 saturated heterocycles. The van der Waals surface area contributed by atoms with Crippen LogP contribution in [0.3, 0.4) is 0 Å². The summed E-state index contributed by atoms with van der Waals surface area (Å²) in [5, 5.41) is 10.3. The molecular weight excluding hydrogens is 271 g/mol. The summed E-state index contributed by atoms with van der Waals surface area (Å²) in [6.45, 7) is 0. The van der Waals surface area contributed by atoms with Gasteiger partial charge in [-0.1, -0.05) is 23.2 Å². The first-order valence-corrected chi connectivity index (χ1v) is 4.79. The second-order valence-corrected chi connectivity index (χ2v) is 4.36. The Morgan fingerprint density at radius 2 is 2.29 bits per heavy atom. The maximum absolute atomic E-state index is 10.7. The number of carboxylic acids is 1. The summed E-state index contributed by atoms with van der Waals surface area (Å²) in [6, 6.07) is 1.45. The molecule has 1 atom stereocenters. The van der Waals surface area contributed by atoms with Gasteiger partial charge in [-0.25, -0.2) is 10.2 Å². The lowest BCUT2D eigenvalue weighted by Crippen LogP contribution is -2.48. The van der Waals surface area contributed by atoms with Crippen LogP contribution in [0.25, 0.3) is 0 Å². The number of halogens is 3. The smallest absolute Gasteiger partial charge is 0.345 e. The summed E-state index contributed by atoms with van der Waals surface area (Å²) in [4.78, 5) is 8.95. The van der Waals surface area contributed by atoms with E-state index in [2.05, 4.69) is 0 Å². The van der Waals surface area contributed by atoms with Crippen LogP contribution in [0.4, 0.5) is 0 Å². The Hall–Kier alpha value is -0.0400. The molecule has 0 radical (unpaired) electrons. The van der Waals surface area contributed by atoms with Crippen molar-refractivity contribution in [3.05, 3.63) is 21.3 Å². The minimum atomic E-state index is -1.80. The van der Waals surface area contributed by atoms with Crippen molar-refractivity contribution in [1.82, 2.24) is 5.43 Å². The van der Waals surface area contributed by atoms with Gasteiger partial charge < -0.3 is 5.11 Å². The van der Waals surface area contributed by atoms with E-state index in [4.69, 9.17) is 34.2 Å². The van der Waals surface area contributed by atoms with E-state index >= 15 is 0 Å². The average Bonchev–Trinajstić information content (AvgIpc) is 2.50. The average molecular weight is 278 g/mol. The van der Waals surface area contributed by atoms with Gasteiger partial charge in [0.15, 0.2) is 0 Å². The van der Waals surface area contributed by atoms with E-state index < -0.39 is 11.0 Å². The Morgan fingerprint density at radius 3 is 2.57 bits per heavy atom. The molecule has 1 unspecified atom stereocenters. The van der Waals surface area contributed by atoms with Crippen molar-refractivity contribution < 1.29 is 9.90 Å². The zero-order chi connectivity index (χ0) is 10.1. The molecule has 1 rings (SSSR count). The van der Waals surface area contributed by atoms with Gasteiger partial charge in [0, 0.05) is 5.56 Å². The van der Waals surface area contributed by atoms with Crippen LogP contribution in [0.15, 0.2) is 11.4 Å². The molecule has 8 heteroatoms. The largest absolute Gasteiger partial charge is 0.479 e. The highest BCUT2D eigenvalue weighted by atomic mass is 35.5. The van der Waals surface area contributed by atoms with Gasteiger partial charge in [-0.3, -0.25) is 5.84 Å². The lowest BCUT2D eigenvalue weighted by molar-refractivity contribution is -0.141. The van der Waals surface area contributed by atoms with Crippen LogP contribution in [-0.2, 0) is 9.79 Å². The molecule has 1 heterocycles. The summed E-state index contributed by atoms with van der Waals surface area (Å²) in [6.07, 6.45) is 0. The quantitative estimate of drug-likeness (QED) is 0.341. The highest BCUT2D eigenvalue weighted by molar-refractivity contribution is 7.14. The number of carbonyl (C=O) groups is 1. The number of hydrogen-bond acceptors (Lipinski definition) is 4. The molecule has 0 amide bonds. The molecule has 0 aromatic carbocycles. The van der Waals surface area contributed by atoms with Crippen molar-refractivity contribution in [2.24, 2.45) is 5.84 Å². The fraction of sp³-hybridized carbons (Fsp3) is 0.167. The van der Waals surface area contributed by atoms with Gasteiger partial charge >= 0.3 is 5.97 Å². The summed E-state index contributed by atoms with van der Waals surface area (Å²) >= 11 is 12.5. The number of rotatable bonds is 3. The highest BCUT2D eigenvalue weighted by Crippen LogP contribution is 2.31. The lowest BCUT2D eigenvalue weighted by Gasteiger charge is -2.19. The minimum absolute atomic E-state index is 0. The Balaban J connectivity index is 0.00000169. The number of aliphatic carboxylic acids is 1. The number of nitrogens with two attached hydrogens (primary N) is 1. The Labute approximate surface area is 100 Å². The zero-order valence-electron chi connectivity index (χ0n) is 6.66. The van der Waals surface area contributed by atoms with E-state index in [1.807, 2.05) is 5.43 Å².